The zero-order chi connectivity index (χ0) is 28.2. The van der Waals surface area contributed by atoms with Gasteiger partial charge in [-0.3, -0.25) is 14.3 Å². The quantitative estimate of drug-likeness (QED) is 0.162. The van der Waals surface area contributed by atoms with Gasteiger partial charge in [0.15, 0.2) is 5.82 Å². The van der Waals surface area contributed by atoms with Crippen LogP contribution in [0.2, 0.25) is 0 Å². The van der Waals surface area contributed by atoms with E-state index >= 15 is 4.39 Å². The maximum atomic E-state index is 15.2. The summed E-state index contributed by atoms with van der Waals surface area (Å²) in [6.45, 7) is 1.89. The molecule has 0 aliphatic carbocycles. The largest absolute Gasteiger partial charge is 0.494 e. The van der Waals surface area contributed by atoms with E-state index in [4.69, 9.17) is 9.84 Å². The van der Waals surface area contributed by atoms with Gasteiger partial charge in [-0.15, -0.1) is 0 Å². The Morgan fingerprint density at radius 3 is 2.54 bits per heavy atom. The molecule has 0 amide bonds. The van der Waals surface area contributed by atoms with Crippen molar-refractivity contribution >= 4 is 38.5 Å². The Kier molecular flexibility index (Phi) is 8.24. The van der Waals surface area contributed by atoms with Crippen molar-refractivity contribution in [3.63, 3.8) is 0 Å². The number of nitrogens with one attached hydrogen (secondary N) is 2. The average Bonchev–Trinajstić information content (AvgIpc) is 3.32. The molecule has 39 heavy (non-hydrogen) atoms. The molecule has 4 aromatic rings. The molecule has 12 heteroatoms. The second kappa shape index (κ2) is 11.6. The van der Waals surface area contributed by atoms with Gasteiger partial charge in [0.05, 0.1) is 23.6 Å². The monoisotopic (exact) mass is 557 g/mol. The lowest BCUT2D eigenvalue weighted by Gasteiger charge is -2.11. The van der Waals surface area contributed by atoms with E-state index in [1.165, 1.54) is 6.20 Å². The summed E-state index contributed by atoms with van der Waals surface area (Å²) in [5, 5.41) is 9.02. The predicted molar refractivity (Wildman–Crippen MR) is 141 cm³/mol. The van der Waals surface area contributed by atoms with Crippen molar-refractivity contribution in [1.29, 1.82) is 0 Å². The molecule has 0 atom stereocenters. The van der Waals surface area contributed by atoms with E-state index in [2.05, 4.69) is 14.7 Å². The van der Waals surface area contributed by atoms with Crippen LogP contribution < -0.4 is 9.46 Å². The number of ether oxygens (including phenoxy) is 1. The summed E-state index contributed by atoms with van der Waals surface area (Å²) in [5.74, 6) is -4.02. The minimum Gasteiger partial charge on any atom is -0.494 e. The Labute approximate surface area is 222 Å². The number of halogens is 2. The van der Waals surface area contributed by atoms with Crippen LogP contribution in [-0.4, -0.2) is 47.6 Å². The topological polar surface area (TPSA) is 138 Å². The Morgan fingerprint density at radius 1 is 1.10 bits per heavy atom. The first-order valence-corrected chi connectivity index (χ1v) is 13.7. The number of hydrogen-bond donors (Lipinski definition) is 3. The summed E-state index contributed by atoms with van der Waals surface area (Å²) in [6, 6.07) is 10.4. The Bertz CT molecular complexity index is 1640. The Morgan fingerprint density at radius 2 is 1.85 bits per heavy atom. The highest BCUT2D eigenvalue weighted by atomic mass is 32.2. The number of pyridine rings is 1. The number of sulfonamides is 1. The van der Waals surface area contributed by atoms with E-state index in [1.54, 1.807) is 43.5 Å². The van der Waals surface area contributed by atoms with Crippen molar-refractivity contribution in [3.05, 3.63) is 77.6 Å². The van der Waals surface area contributed by atoms with Gasteiger partial charge in [-0.2, -0.15) is 0 Å². The molecule has 9 nitrogen and oxygen atoms in total. The van der Waals surface area contributed by atoms with Gasteiger partial charge >= 0.3 is 5.97 Å². The summed E-state index contributed by atoms with van der Waals surface area (Å²) in [7, 11) is -3.87. The summed E-state index contributed by atoms with van der Waals surface area (Å²) < 4.78 is 61.7. The van der Waals surface area contributed by atoms with Crippen LogP contribution in [0.25, 0.3) is 22.2 Å². The minimum absolute atomic E-state index is 0.00798. The molecule has 2 aromatic heterocycles. The molecule has 0 radical (unpaired) electrons. The number of H-pyrrole nitrogens is 1. The highest BCUT2D eigenvalue weighted by Crippen LogP contribution is 2.30. The molecule has 204 valence electrons. The van der Waals surface area contributed by atoms with E-state index < -0.39 is 44.7 Å². The van der Waals surface area contributed by atoms with Crippen LogP contribution in [0.3, 0.4) is 0 Å². The zero-order valence-electron chi connectivity index (χ0n) is 20.8. The van der Waals surface area contributed by atoms with E-state index in [9.17, 15) is 22.4 Å². The number of ketones is 1. The van der Waals surface area contributed by atoms with Crippen molar-refractivity contribution in [1.82, 2.24) is 9.97 Å². The van der Waals surface area contributed by atoms with Gasteiger partial charge in [-0.1, -0.05) is 19.1 Å². The van der Waals surface area contributed by atoms with Gasteiger partial charge in [0, 0.05) is 35.3 Å². The molecule has 0 bridgehead atoms. The van der Waals surface area contributed by atoms with Gasteiger partial charge in [0.2, 0.25) is 15.8 Å². The number of carbonyl (C=O) groups is 2. The number of aliphatic carboxylic acids is 1. The Hall–Kier alpha value is -4.32. The number of aromatic nitrogens is 2. The molecule has 0 saturated carbocycles. The first-order valence-electron chi connectivity index (χ1n) is 12.0. The number of benzene rings is 2. The molecule has 0 fully saturated rings. The average molecular weight is 558 g/mol. The zero-order valence-corrected chi connectivity index (χ0v) is 21.6. The van der Waals surface area contributed by atoms with Gasteiger partial charge < -0.3 is 14.8 Å². The van der Waals surface area contributed by atoms with E-state index in [0.29, 0.717) is 28.8 Å². The third-order valence-electron chi connectivity index (χ3n) is 5.82. The third-order valence-corrected chi connectivity index (χ3v) is 7.30. The maximum Gasteiger partial charge on any atom is 0.303 e. The van der Waals surface area contributed by atoms with Crippen LogP contribution in [0.4, 0.5) is 14.5 Å². The normalized spacial score (nSPS) is 11.5. The van der Waals surface area contributed by atoms with E-state index in [1.807, 2.05) is 0 Å². The van der Waals surface area contributed by atoms with Crippen LogP contribution in [-0.2, 0) is 14.8 Å². The van der Waals surface area contributed by atoms with Gasteiger partial charge in [0.25, 0.3) is 0 Å². The molecule has 3 N–H and O–H groups in total. The lowest BCUT2D eigenvalue weighted by atomic mass is 10.00. The molecule has 0 saturated heterocycles. The maximum absolute atomic E-state index is 15.2. The standard InChI is InChI=1S/C27H25F2N3O6S/c1-2-12-39(36,37)32-22-10-9-21(28)24(25(22)29)26(35)20-15-31-27-19(20)13-17(14-30-27)16-5-7-18(8-6-16)38-11-3-4-23(33)34/h5-10,13-15,32H,2-4,11-12H2,1H3,(H,30,31)(H,33,34). The molecule has 4 rings (SSSR count). The first-order chi connectivity index (χ1) is 18.6. The second-order valence-corrected chi connectivity index (χ2v) is 10.6. The molecular formula is C27H25F2N3O6S. The Balaban J connectivity index is 1.62. The number of anilines is 1. The summed E-state index contributed by atoms with van der Waals surface area (Å²) in [6.07, 6.45) is 3.53. The van der Waals surface area contributed by atoms with Crippen molar-refractivity contribution in [2.75, 3.05) is 17.1 Å². The molecule has 0 unspecified atom stereocenters. The predicted octanol–water partition coefficient (Wildman–Crippen LogP) is 5.13. The fraction of sp³-hybridized carbons (Fsp3) is 0.222. The van der Waals surface area contributed by atoms with Crippen molar-refractivity contribution in [3.8, 4) is 16.9 Å². The number of nitrogens with zero attached hydrogens (tertiary/aromatic N) is 1. The van der Waals surface area contributed by atoms with E-state index in [-0.39, 0.29) is 30.8 Å². The summed E-state index contributed by atoms with van der Waals surface area (Å²) >= 11 is 0. The van der Waals surface area contributed by atoms with Gasteiger partial charge in [0.1, 0.15) is 17.2 Å². The number of aromatic amines is 1. The fourth-order valence-electron chi connectivity index (χ4n) is 3.97. The van der Waals surface area contributed by atoms with Crippen molar-refractivity contribution in [2.45, 2.75) is 26.2 Å². The van der Waals surface area contributed by atoms with Crippen LogP contribution in [0.5, 0.6) is 5.75 Å². The van der Waals surface area contributed by atoms with Crippen molar-refractivity contribution in [2.24, 2.45) is 0 Å². The summed E-state index contributed by atoms with van der Waals surface area (Å²) in [5.41, 5.74) is 0.229. The molecule has 0 spiro atoms. The summed E-state index contributed by atoms with van der Waals surface area (Å²) in [4.78, 5) is 31.0. The molecular weight excluding hydrogens is 532 g/mol. The second-order valence-electron chi connectivity index (χ2n) is 8.73. The number of fused-ring (bicyclic) bond motifs is 1. The van der Waals surface area contributed by atoms with Gasteiger partial charge in [-0.05, 0) is 48.7 Å². The highest BCUT2D eigenvalue weighted by Gasteiger charge is 2.26. The number of rotatable bonds is 12. The van der Waals surface area contributed by atoms with Crippen molar-refractivity contribution < 1.29 is 36.6 Å². The lowest BCUT2D eigenvalue weighted by molar-refractivity contribution is -0.137. The van der Waals surface area contributed by atoms with Gasteiger partial charge in [-0.25, -0.2) is 22.2 Å². The molecule has 2 aromatic carbocycles. The highest BCUT2D eigenvalue weighted by molar-refractivity contribution is 7.92. The molecule has 0 aliphatic heterocycles. The van der Waals surface area contributed by atoms with Crippen LogP contribution in [0.1, 0.15) is 42.1 Å². The molecule has 2 heterocycles. The minimum atomic E-state index is -3.87. The number of hydrogen-bond acceptors (Lipinski definition) is 6. The smallest absolute Gasteiger partial charge is 0.303 e. The fourth-order valence-corrected chi connectivity index (χ4v) is 5.10. The lowest BCUT2D eigenvalue weighted by Crippen LogP contribution is -2.18. The number of carboxylic acid groups (broad SMARTS) is 1. The molecule has 0 aliphatic rings. The third kappa shape index (κ3) is 6.40. The SMILES string of the molecule is CCCS(=O)(=O)Nc1ccc(F)c(C(=O)c2c[nH]c3ncc(-c4ccc(OCCCC(=O)O)cc4)cc23)c1F. The van der Waals surface area contributed by atoms with Crippen LogP contribution in [0, 0.1) is 11.6 Å². The van der Waals surface area contributed by atoms with Crippen LogP contribution in [0.15, 0.2) is 54.9 Å². The number of carboxylic acids is 1. The van der Waals surface area contributed by atoms with Crippen LogP contribution >= 0.6 is 0 Å². The first kappa shape index (κ1) is 27.7. The van der Waals surface area contributed by atoms with E-state index in [0.717, 1.165) is 17.7 Å². The number of carbonyl (C=O) groups excluding carboxylic acids is 1.